The third-order valence-electron chi connectivity index (χ3n) is 6.42. The molecule has 4 aromatic rings. The Balaban J connectivity index is 1.99. The summed E-state index contributed by atoms with van der Waals surface area (Å²) >= 11 is 6.31. The molecule has 0 saturated carbocycles. The van der Waals surface area contributed by atoms with Crippen molar-refractivity contribution in [3.05, 3.63) is 80.6 Å². The Bertz CT molecular complexity index is 1680. The number of benzene rings is 3. The van der Waals surface area contributed by atoms with Crippen LogP contribution in [-0.2, 0) is 4.79 Å². The van der Waals surface area contributed by atoms with Crippen LogP contribution in [-0.4, -0.2) is 47.3 Å². The van der Waals surface area contributed by atoms with Crippen LogP contribution in [0.1, 0.15) is 43.4 Å². The number of aromatic nitrogens is 2. The number of hydrogen-bond acceptors (Lipinski definition) is 7. The van der Waals surface area contributed by atoms with Crippen LogP contribution in [0.2, 0.25) is 5.02 Å². The Morgan fingerprint density at radius 1 is 1.07 bits per heavy atom. The van der Waals surface area contributed by atoms with Crippen LogP contribution in [0.3, 0.4) is 0 Å². The number of para-hydroxylation sites is 1. The first-order chi connectivity index (χ1) is 19.0. The number of carboxylic acid groups (broad SMARTS) is 1. The molecule has 0 bridgehead atoms. The standard InChI is InChI=1S/C30H30ClN3O6/c1-16(2)22-14-23(17(3)11-25(22)38-5)28-33-24-10-8-7-9-21(24)29(35)34(28)32-15-19-12-20(31)13-26(39-6)27(19)40-18(4)30(36)37/h7-16,18H,1-6H3,(H,36,37)/t18-/m0/s1. The minimum atomic E-state index is -1.18. The summed E-state index contributed by atoms with van der Waals surface area (Å²) in [6.07, 6.45) is 0.196. The number of carboxylic acids is 1. The van der Waals surface area contributed by atoms with Gasteiger partial charge in [0, 0.05) is 22.2 Å². The van der Waals surface area contributed by atoms with Crippen molar-refractivity contribution in [3.8, 4) is 28.6 Å². The number of carbonyl (C=O) groups is 1. The predicted molar refractivity (Wildman–Crippen MR) is 156 cm³/mol. The predicted octanol–water partition coefficient (Wildman–Crippen LogP) is 5.90. The highest BCUT2D eigenvalue weighted by Crippen LogP contribution is 2.36. The Morgan fingerprint density at radius 3 is 2.42 bits per heavy atom. The zero-order valence-corrected chi connectivity index (χ0v) is 23.8. The number of fused-ring (bicyclic) bond motifs is 1. The van der Waals surface area contributed by atoms with Gasteiger partial charge in [-0.25, -0.2) is 9.78 Å². The molecule has 0 aliphatic rings. The SMILES string of the molecule is COc1cc(C)c(-c2nc3ccccc3c(=O)n2N=Cc2cc(Cl)cc(OC)c2O[C@@H](C)C(=O)O)cc1C(C)C. The first kappa shape index (κ1) is 28.6. The Morgan fingerprint density at radius 2 is 1.77 bits per heavy atom. The molecule has 3 aromatic carbocycles. The van der Waals surface area contributed by atoms with Gasteiger partial charge in [-0.15, -0.1) is 0 Å². The van der Waals surface area contributed by atoms with Gasteiger partial charge in [-0.05, 0) is 61.2 Å². The molecule has 208 valence electrons. The molecule has 0 amide bonds. The van der Waals surface area contributed by atoms with Crippen LogP contribution in [0, 0.1) is 6.92 Å². The topological polar surface area (TPSA) is 112 Å². The van der Waals surface area contributed by atoms with Gasteiger partial charge in [-0.3, -0.25) is 4.79 Å². The van der Waals surface area contributed by atoms with E-state index < -0.39 is 12.1 Å². The van der Waals surface area contributed by atoms with Gasteiger partial charge in [0.25, 0.3) is 5.56 Å². The van der Waals surface area contributed by atoms with Crippen LogP contribution in [0.4, 0.5) is 0 Å². The number of nitrogens with zero attached hydrogens (tertiary/aromatic N) is 3. The molecular weight excluding hydrogens is 534 g/mol. The first-order valence-corrected chi connectivity index (χ1v) is 13.0. The Kier molecular flexibility index (Phi) is 8.44. The van der Waals surface area contributed by atoms with Gasteiger partial charge in [0.2, 0.25) is 0 Å². The van der Waals surface area contributed by atoms with E-state index >= 15 is 0 Å². The van der Waals surface area contributed by atoms with Gasteiger partial charge in [0.15, 0.2) is 23.4 Å². The molecule has 0 aliphatic heterocycles. The number of methoxy groups -OCH3 is 2. The molecule has 0 radical (unpaired) electrons. The van der Waals surface area contributed by atoms with Gasteiger partial charge in [0.05, 0.1) is 31.3 Å². The van der Waals surface area contributed by atoms with Crippen molar-refractivity contribution in [2.75, 3.05) is 14.2 Å². The third kappa shape index (κ3) is 5.65. The molecule has 0 fully saturated rings. The van der Waals surface area contributed by atoms with Crippen molar-refractivity contribution in [3.63, 3.8) is 0 Å². The highest BCUT2D eigenvalue weighted by atomic mass is 35.5. The van der Waals surface area contributed by atoms with E-state index in [1.165, 1.54) is 31.0 Å². The molecule has 0 aliphatic carbocycles. The Labute approximate surface area is 236 Å². The van der Waals surface area contributed by atoms with E-state index in [2.05, 4.69) is 18.9 Å². The molecule has 40 heavy (non-hydrogen) atoms. The normalized spacial score (nSPS) is 12.2. The lowest BCUT2D eigenvalue weighted by Gasteiger charge is -2.18. The van der Waals surface area contributed by atoms with Crippen molar-refractivity contribution < 1.29 is 24.1 Å². The van der Waals surface area contributed by atoms with Gasteiger partial charge >= 0.3 is 5.97 Å². The maximum atomic E-state index is 13.8. The molecule has 9 nitrogen and oxygen atoms in total. The van der Waals surface area contributed by atoms with E-state index in [1.54, 1.807) is 31.4 Å². The summed E-state index contributed by atoms with van der Waals surface area (Å²) in [5, 5.41) is 14.6. The minimum Gasteiger partial charge on any atom is -0.496 e. The fourth-order valence-electron chi connectivity index (χ4n) is 4.28. The highest BCUT2D eigenvalue weighted by Gasteiger charge is 2.21. The van der Waals surface area contributed by atoms with Crippen LogP contribution < -0.4 is 19.8 Å². The summed E-state index contributed by atoms with van der Waals surface area (Å²) in [4.78, 5) is 30.1. The van der Waals surface area contributed by atoms with Crippen molar-refractivity contribution in [2.45, 2.75) is 39.7 Å². The molecule has 0 spiro atoms. The van der Waals surface area contributed by atoms with E-state index in [0.29, 0.717) is 32.9 Å². The summed E-state index contributed by atoms with van der Waals surface area (Å²) in [6.45, 7) is 7.43. The molecule has 1 heterocycles. The van der Waals surface area contributed by atoms with Crippen LogP contribution >= 0.6 is 11.6 Å². The van der Waals surface area contributed by atoms with Crippen LogP contribution in [0.5, 0.6) is 17.2 Å². The van der Waals surface area contributed by atoms with E-state index in [9.17, 15) is 14.7 Å². The first-order valence-electron chi connectivity index (χ1n) is 12.6. The van der Waals surface area contributed by atoms with Crippen molar-refractivity contribution in [2.24, 2.45) is 5.10 Å². The highest BCUT2D eigenvalue weighted by molar-refractivity contribution is 6.31. The van der Waals surface area contributed by atoms with Crippen molar-refractivity contribution in [1.82, 2.24) is 9.66 Å². The maximum Gasteiger partial charge on any atom is 0.344 e. The second kappa shape index (κ2) is 11.8. The molecule has 1 N–H and O–H groups in total. The zero-order valence-electron chi connectivity index (χ0n) is 23.1. The fourth-order valence-corrected chi connectivity index (χ4v) is 4.50. The molecule has 0 saturated heterocycles. The lowest BCUT2D eigenvalue weighted by Crippen LogP contribution is -2.24. The average molecular weight is 564 g/mol. The van der Waals surface area contributed by atoms with Crippen molar-refractivity contribution in [1.29, 1.82) is 0 Å². The summed E-state index contributed by atoms with van der Waals surface area (Å²) in [6, 6.07) is 14.0. The molecule has 0 unspecified atom stereocenters. The van der Waals surface area contributed by atoms with Crippen molar-refractivity contribution >= 4 is 34.7 Å². The van der Waals surface area contributed by atoms with Gasteiger partial charge in [0.1, 0.15) is 5.75 Å². The lowest BCUT2D eigenvalue weighted by atomic mass is 9.96. The molecule has 1 atom stereocenters. The summed E-state index contributed by atoms with van der Waals surface area (Å²) in [5.41, 5.74) is 2.98. The van der Waals surface area contributed by atoms with E-state index in [1.807, 2.05) is 25.1 Å². The largest absolute Gasteiger partial charge is 0.496 e. The molecular formula is C30H30ClN3O6. The summed E-state index contributed by atoms with van der Waals surface area (Å²) in [5.74, 6) is 0.406. The second-order valence-electron chi connectivity index (χ2n) is 9.50. The number of hydrogen-bond donors (Lipinski definition) is 1. The van der Waals surface area contributed by atoms with E-state index in [4.69, 9.17) is 30.8 Å². The van der Waals surface area contributed by atoms with Crippen LogP contribution in [0.25, 0.3) is 22.3 Å². The smallest absolute Gasteiger partial charge is 0.344 e. The Hall–Kier alpha value is -4.37. The third-order valence-corrected chi connectivity index (χ3v) is 6.63. The number of aliphatic carboxylic acids is 1. The number of halogens is 1. The van der Waals surface area contributed by atoms with Gasteiger partial charge in [-0.2, -0.15) is 9.78 Å². The minimum absolute atomic E-state index is 0.122. The summed E-state index contributed by atoms with van der Waals surface area (Å²) < 4.78 is 17.9. The molecule has 10 heteroatoms. The quantitative estimate of drug-likeness (QED) is 0.252. The molecule has 4 rings (SSSR count). The lowest BCUT2D eigenvalue weighted by molar-refractivity contribution is -0.144. The van der Waals surface area contributed by atoms with E-state index in [-0.39, 0.29) is 23.0 Å². The second-order valence-corrected chi connectivity index (χ2v) is 9.94. The van der Waals surface area contributed by atoms with Gasteiger partial charge in [-0.1, -0.05) is 37.6 Å². The van der Waals surface area contributed by atoms with E-state index in [0.717, 1.165) is 16.9 Å². The number of aryl methyl sites for hydroxylation is 1. The number of rotatable bonds is 9. The van der Waals surface area contributed by atoms with Gasteiger partial charge < -0.3 is 19.3 Å². The maximum absolute atomic E-state index is 13.8. The fraction of sp³-hybridized carbons (Fsp3) is 0.267. The number of ether oxygens (including phenoxy) is 3. The monoisotopic (exact) mass is 563 g/mol. The molecule has 1 aromatic heterocycles. The average Bonchev–Trinajstić information content (AvgIpc) is 2.92. The zero-order chi connectivity index (χ0) is 29.1. The van der Waals surface area contributed by atoms with Crippen LogP contribution in [0.15, 0.2) is 58.4 Å². The summed E-state index contributed by atoms with van der Waals surface area (Å²) in [7, 11) is 3.04.